The van der Waals surface area contributed by atoms with E-state index in [1.807, 2.05) is 18.2 Å². The van der Waals surface area contributed by atoms with Gasteiger partial charge in [0.25, 0.3) is 0 Å². The van der Waals surface area contributed by atoms with Gasteiger partial charge < -0.3 is 10.5 Å². The van der Waals surface area contributed by atoms with Gasteiger partial charge in [-0.1, -0.05) is 6.07 Å². The first kappa shape index (κ1) is 12.3. The summed E-state index contributed by atoms with van der Waals surface area (Å²) in [6.45, 7) is 9.07. The van der Waals surface area contributed by atoms with E-state index >= 15 is 0 Å². The maximum atomic E-state index is 5.88. The molecule has 1 saturated heterocycles. The Labute approximate surface area is 103 Å². The molecular formula is C13H21N3O. The molecule has 1 fully saturated rings. The second-order valence-electron chi connectivity index (χ2n) is 5.41. The molecule has 1 aliphatic heterocycles. The number of anilines is 1. The first-order valence-electron chi connectivity index (χ1n) is 6.06. The summed E-state index contributed by atoms with van der Waals surface area (Å²) in [5.74, 6) is 0.586. The van der Waals surface area contributed by atoms with Crippen LogP contribution in [0.3, 0.4) is 0 Å². The molecule has 2 heterocycles. The number of morpholine rings is 1. The molecule has 4 nitrogen and oxygen atoms in total. The Hall–Kier alpha value is -1.13. The van der Waals surface area contributed by atoms with Gasteiger partial charge in [-0.15, -0.1) is 0 Å². The SMILES string of the molecule is CC1CN(Cc2cccc(N)n2)CC(C)(C)O1. The first-order chi connectivity index (χ1) is 7.94. The average molecular weight is 235 g/mol. The maximum Gasteiger partial charge on any atom is 0.123 e. The molecule has 0 amide bonds. The normalized spacial score (nSPS) is 24.8. The molecule has 1 unspecified atom stereocenters. The van der Waals surface area contributed by atoms with Crippen molar-refractivity contribution in [1.82, 2.24) is 9.88 Å². The molecule has 0 radical (unpaired) electrons. The van der Waals surface area contributed by atoms with Crippen LogP contribution in [0.2, 0.25) is 0 Å². The Morgan fingerprint density at radius 2 is 2.29 bits per heavy atom. The van der Waals surface area contributed by atoms with Gasteiger partial charge in [0.2, 0.25) is 0 Å². The van der Waals surface area contributed by atoms with Crippen molar-refractivity contribution in [3.8, 4) is 0 Å². The molecule has 1 atom stereocenters. The van der Waals surface area contributed by atoms with Crippen LogP contribution in [0.15, 0.2) is 18.2 Å². The van der Waals surface area contributed by atoms with Crippen molar-refractivity contribution < 1.29 is 4.74 Å². The zero-order chi connectivity index (χ0) is 12.5. The van der Waals surface area contributed by atoms with Crippen molar-refractivity contribution in [1.29, 1.82) is 0 Å². The van der Waals surface area contributed by atoms with Crippen LogP contribution in [0, 0.1) is 0 Å². The van der Waals surface area contributed by atoms with Gasteiger partial charge in [-0.3, -0.25) is 4.90 Å². The number of pyridine rings is 1. The summed E-state index contributed by atoms with van der Waals surface area (Å²) < 4.78 is 5.88. The highest BCUT2D eigenvalue weighted by Gasteiger charge is 2.31. The van der Waals surface area contributed by atoms with E-state index in [0.29, 0.717) is 5.82 Å². The first-order valence-corrected chi connectivity index (χ1v) is 6.06. The van der Waals surface area contributed by atoms with Crippen LogP contribution >= 0.6 is 0 Å². The number of hydrogen-bond donors (Lipinski definition) is 1. The van der Waals surface area contributed by atoms with Gasteiger partial charge >= 0.3 is 0 Å². The van der Waals surface area contributed by atoms with Gasteiger partial charge in [-0.2, -0.15) is 0 Å². The quantitative estimate of drug-likeness (QED) is 0.847. The zero-order valence-electron chi connectivity index (χ0n) is 10.8. The van der Waals surface area contributed by atoms with Gasteiger partial charge in [0.1, 0.15) is 5.82 Å². The molecule has 1 aromatic rings. The molecule has 0 bridgehead atoms. The number of aromatic nitrogens is 1. The summed E-state index contributed by atoms with van der Waals surface area (Å²) in [5, 5.41) is 0. The molecule has 2 rings (SSSR count). The van der Waals surface area contributed by atoms with Crippen molar-refractivity contribution in [2.45, 2.75) is 39.0 Å². The van der Waals surface area contributed by atoms with Crippen LogP contribution in [0.5, 0.6) is 0 Å². The lowest BCUT2D eigenvalue weighted by molar-refractivity contribution is -0.130. The topological polar surface area (TPSA) is 51.4 Å². The van der Waals surface area contributed by atoms with E-state index < -0.39 is 0 Å². The van der Waals surface area contributed by atoms with E-state index in [1.165, 1.54) is 0 Å². The Bertz CT molecular complexity index is 392. The Morgan fingerprint density at radius 3 is 2.94 bits per heavy atom. The highest BCUT2D eigenvalue weighted by molar-refractivity contribution is 5.28. The average Bonchev–Trinajstić information content (AvgIpc) is 2.13. The molecule has 1 aromatic heterocycles. The number of nitrogen functional groups attached to an aromatic ring is 1. The minimum Gasteiger partial charge on any atom is -0.384 e. The predicted molar refractivity (Wildman–Crippen MR) is 68.6 cm³/mol. The van der Waals surface area contributed by atoms with Crippen LogP contribution in [0.1, 0.15) is 26.5 Å². The Balaban J connectivity index is 2.03. The summed E-state index contributed by atoms with van der Waals surface area (Å²) in [4.78, 5) is 6.71. The van der Waals surface area contributed by atoms with Gasteiger partial charge in [0.15, 0.2) is 0 Å². The second-order valence-corrected chi connectivity index (χ2v) is 5.41. The van der Waals surface area contributed by atoms with Gasteiger partial charge in [0, 0.05) is 19.6 Å². The molecule has 0 spiro atoms. The molecule has 1 aliphatic rings. The minimum atomic E-state index is -0.0853. The molecular weight excluding hydrogens is 214 g/mol. The third kappa shape index (κ3) is 3.41. The van der Waals surface area contributed by atoms with Crippen LogP contribution in [0.25, 0.3) is 0 Å². The van der Waals surface area contributed by atoms with Gasteiger partial charge in [-0.05, 0) is 32.9 Å². The maximum absolute atomic E-state index is 5.88. The van der Waals surface area contributed by atoms with Gasteiger partial charge in [-0.25, -0.2) is 4.98 Å². The fraction of sp³-hybridized carbons (Fsp3) is 0.615. The monoisotopic (exact) mass is 235 g/mol. The second kappa shape index (κ2) is 4.63. The van der Waals surface area contributed by atoms with Crippen molar-refractivity contribution in [3.63, 3.8) is 0 Å². The summed E-state index contributed by atoms with van der Waals surface area (Å²) in [5.41, 5.74) is 6.63. The number of rotatable bonds is 2. The fourth-order valence-corrected chi connectivity index (χ4v) is 2.52. The molecule has 17 heavy (non-hydrogen) atoms. The fourth-order valence-electron chi connectivity index (χ4n) is 2.52. The van der Waals surface area contributed by atoms with Crippen molar-refractivity contribution in [2.75, 3.05) is 18.8 Å². The van der Waals surface area contributed by atoms with Crippen LogP contribution in [0.4, 0.5) is 5.82 Å². The molecule has 94 valence electrons. The summed E-state index contributed by atoms with van der Waals surface area (Å²) >= 11 is 0. The van der Waals surface area contributed by atoms with Crippen LogP contribution in [-0.2, 0) is 11.3 Å². The lowest BCUT2D eigenvalue weighted by Crippen LogP contribution is -2.51. The van der Waals surface area contributed by atoms with E-state index in [4.69, 9.17) is 10.5 Å². The standard InChI is InChI=1S/C13H21N3O/c1-10-7-16(9-13(2,3)17-10)8-11-5-4-6-12(14)15-11/h4-6,10H,7-9H2,1-3H3,(H2,14,15). The lowest BCUT2D eigenvalue weighted by atomic mass is 10.1. The molecule has 4 heteroatoms. The lowest BCUT2D eigenvalue weighted by Gasteiger charge is -2.41. The molecule has 0 saturated carbocycles. The van der Waals surface area contributed by atoms with Crippen molar-refractivity contribution in [3.05, 3.63) is 23.9 Å². The smallest absolute Gasteiger partial charge is 0.123 e. The van der Waals surface area contributed by atoms with E-state index in [-0.39, 0.29) is 11.7 Å². The van der Waals surface area contributed by atoms with Crippen LogP contribution in [-0.4, -0.2) is 34.7 Å². The highest BCUT2D eigenvalue weighted by atomic mass is 16.5. The van der Waals surface area contributed by atoms with E-state index in [2.05, 4.69) is 30.7 Å². The predicted octanol–water partition coefficient (Wildman–Crippen LogP) is 1.66. The van der Waals surface area contributed by atoms with E-state index in [9.17, 15) is 0 Å². The van der Waals surface area contributed by atoms with Crippen molar-refractivity contribution >= 4 is 5.82 Å². The zero-order valence-corrected chi connectivity index (χ0v) is 10.8. The van der Waals surface area contributed by atoms with Crippen molar-refractivity contribution in [2.24, 2.45) is 0 Å². The summed E-state index contributed by atoms with van der Waals surface area (Å²) in [7, 11) is 0. The summed E-state index contributed by atoms with van der Waals surface area (Å²) in [6.07, 6.45) is 0.264. The van der Waals surface area contributed by atoms with Gasteiger partial charge in [0.05, 0.1) is 17.4 Å². The van der Waals surface area contributed by atoms with Crippen LogP contribution < -0.4 is 5.73 Å². The number of hydrogen-bond acceptors (Lipinski definition) is 4. The van der Waals surface area contributed by atoms with E-state index in [1.54, 1.807) is 0 Å². The number of ether oxygens (including phenoxy) is 1. The molecule has 0 aliphatic carbocycles. The largest absolute Gasteiger partial charge is 0.384 e. The van der Waals surface area contributed by atoms with E-state index in [0.717, 1.165) is 25.3 Å². The third-order valence-electron chi connectivity index (χ3n) is 2.85. The third-order valence-corrected chi connectivity index (χ3v) is 2.85. The minimum absolute atomic E-state index is 0.0853. The summed E-state index contributed by atoms with van der Waals surface area (Å²) in [6, 6.07) is 5.78. The number of nitrogens with two attached hydrogens (primary N) is 1. The number of nitrogens with zero attached hydrogens (tertiary/aromatic N) is 2. The Morgan fingerprint density at radius 1 is 1.53 bits per heavy atom. The molecule has 2 N–H and O–H groups in total. The highest BCUT2D eigenvalue weighted by Crippen LogP contribution is 2.21. The Kier molecular flexibility index (Phi) is 3.35. The molecule has 0 aromatic carbocycles.